The third kappa shape index (κ3) is 3.01. The van der Waals surface area contributed by atoms with Crippen LogP contribution in [0.1, 0.15) is 49.0 Å². The number of hydrogen-bond donors (Lipinski definition) is 2. The second-order valence-corrected chi connectivity index (χ2v) is 4.83. The zero-order valence-electron chi connectivity index (χ0n) is 9.26. The van der Waals surface area contributed by atoms with Crippen LogP contribution in [0.15, 0.2) is 12.3 Å². The molecule has 0 saturated heterocycles. The number of carbonyl (C=O) groups is 1. The van der Waals surface area contributed by atoms with E-state index in [2.05, 4.69) is 10.3 Å². The molecule has 1 aromatic rings. The molecule has 0 bridgehead atoms. The lowest BCUT2D eigenvalue weighted by Crippen LogP contribution is -2.34. The van der Waals surface area contributed by atoms with Crippen molar-refractivity contribution in [3.63, 3.8) is 0 Å². The molecule has 1 aliphatic rings. The number of aromatic amines is 1. The van der Waals surface area contributed by atoms with Crippen molar-refractivity contribution in [3.8, 4) is 0 Å². The van der Waals surface area contributed by atoms with Gasteiger partial charge >= 0.3 is 0 Å². The molecule has 1 aromatic heterocycles. The van der Waals surface area contributed by atoms with Gasteiger partial charge < -0.3 is 10.3 Å². The maximum absolute atomic E-state index is 11.8. The Balaban J connectivity index is 1.90. The molecule has 4 heteroatoms. The minimum Gasteiger partial charge on any atom is -0.356 e. The van der Waals surface area contributed by atoms with Gasteiger partial charge in [-0.25, -0.2) is 0 Å². The first-order chi connectivity index (χ1) is 7.75. The number of nitrogens with one attached hydrogen (secondary N) is 2. The van der Waals surface area contributed by atoms with Crippen molar-refractivity contribution in [1.82, 2.24) is 10.3 Å². The highest BCUT2D eigenvalue weighted by atomic mass is 35.5. The Hall–Kier alpha value is -0.960. The molecule has 0 spiro atoms. The molecule has 2 rings (SSSR count). The van der Waals surface area contributed by atoms with Gasteiger partial charge in [0.05, 0.1) is 5.02 Å². The summed E-state index contributed by atoms with van der Waals surface area (Å²) in [4.78, 5) is 14.7. The number of aromatic nitrogens is 1. The Morgan fingerprint density at radius 3 is 2.56 bits per heavy atom. The maximum atomic E-state index is 11.8. The molecule has 2 N–H and O–H groups in total. The second kappa shape index (κ2) is 5.39. The third-order valence-corrected chi connectivity index (χ3v) is 3.30. The zero-order valence-corrected chi connectivity index (χ0v) is 10.0. The predicted octanol–water partition coefficient (Wildman–Crippen LogP) is 3.12. The van der Waals surface area contributed by atoms with Crippen LogP contribution in [-0.2, 0) is 0 Å². The van der Waals surface area contributed by atoms with E-state index < -0.39 is 0 Å². The first-order valence-electron chi connectivity index (χ1n) is 5.90. The SMILES string of the molecule is O=C(NC1CCCCCC1)c1cc(Cl)c[nH]1. The average Bonchev–Trinajstić information content (AvgIpc) is 2.54. The molecule has 1 aliphatic carbocycles. The summed E-state index contributed by atoms with van der Waals surface area (Å²) in [5.41, 5.74) is 0.550. The largest absolute Gasteiger partial charge is 0.356 e. The van der Waals surface area contributed by atoms with Gasteiger partial charge in [0, 0.05) is 12.2 Å². The van der Waals surface area contributed by atoms with Gasteiger partial charge in [-0.3, -0.25) is 4.79 Å². The first kappa shape index (κ1) is 11.5. The van der Waals surface area contributed by atoms with Gasteiger partial charge in [-0.05, 0) is 18.9 Å². The Morgan fingerprint density at radius 1 is 1.31 bits per heavy atom. The van der Waals surface area contributed by atoms with E-state index in [-0.39, 0.29) is 5.91 Å². The summed E-state index contributed by atoms with van der Waals surface area (Å²) in [5.74, 6) is -0.0428. The minimum atomic E-state index is -0.0428. The van der Waals surface area contributed by atoms with Crippen LogP contribution in [-0.4, -0.2) is 16.9 Å². The topological polar surface area (TPSA) is 44.9 Å². The van der Waals surface area contributed by atoms with Crippen LogP contribution in [0.5, 0.6) is 0 Å². The number of halogens is 1. The van der Waals surface area contributed by atoms with E-state index in [4.69, 9.17) is 11.6 Å². The highest BCUT2D eigenvalue weighted by Crippen LogP contribution is 2.18. The van der Waals surface area contributed by atoms with Crippen molar-refractivity contribution in [2.75, 3.05) is 0 Å². The van der Waals surface area contributed by atoms with Gasteiger partial charge in [-0.2, -0.15) is 0 Å². The van der Waals surface area contributed by atoms with Crippen LogP contribution in [0, 0.1) is 0 Å². The fourth-order valence-corrected chi connectivity index (χ4v) is 2.35. The standard InChI is InChI=1S/C12H17ClN2O/c13-9-7-11(14-8-9)12(16)15-10-5-3-1-2-4-6-10/h7-8,10,14H,1-6H2,(H,15,16). The molecule has 1 heterocycles. The van der Waals surface area contributed by atoms with Crippen molar-refractivity contribution in [3.05, 3.63) is 23.0 Å². The molecule has 0 aromatic carbocycles. The van der Waals surface area contributed by atoms with Crippen molar-refractivity contribution in [2.45, 2.75) is 44.6 Å². The van der Waals surface area contributed by atoms with Gasteiger partial charge in [-0.1, -0.05) is 37.3 Å². The van der Waals surface area contributed by atoms with Gasteiger partial charge in [0.15, 0.2) is 0 Å². The quantitative estimate of drug-likeness (QED) is 0.767. The molecule has 1 saturated carbocycles. The van der Waals surface area contributed by atoms with E-state index in [0.29, 0.717) is 16.8 Å². The zero-order chi connectivity index (χ0) is 11.4. The monoisotopic (exact) mass is 240 g/mol. The van der Waals surface area contributed by atoms with E-state index in [1.165, 1.54) is 25.7 Å². The summed E-state index contributed by atoms with van der Waals surface area (Å²) in [6.07, 6.45) is 8.85. The van der Waals surface area contributed by atoms with Crippen molar-refractivity contribution in [1.29, 1.82) is 0 Å². The normalized spacial score (nSPS) is 18.1. The molecule has 88 valence electrons. The molecule has 16 heavy (non-hydrogen) atoms. The lowest BCUT2D eigenvalue weighted by atomic mass is 10.1. The fraction of sp³-hybridized carbons (Fsp3) is 0.583. The predicted molar refractivity (Wildman–Crippen MR) is 64.8 cm³/mol. The van der Waals surface area contributed by atoms with Gasteiger partial charge in [0.1, 0.15) is 5.69 Å². The molecular formula is C12H17ClN2O. The molecular weight excluding hydrogens is 224 g/mol. The smallest absolute Gasteiger partial charge is 0.267 e. The van der Waals surface area contributed by atoms with Gasteiger partial charge in [0.2, 0.25) is 0 Å². The molecule has 1 amide bonds. The van der Waals surface area contributed by atoms with Crippen LogP contribution < -0.4 is 5.32 Å². The van der Waals surface area contributed by atoms with Crippen LogP contribution in [0.4, 0.5) is 0 Å². The van der Waals surface area contributed by atoms with E-state index in [1.807, 2.05) is 0 Å². The Kier molecular flexibility index (Phi) is 3.88. The Labute approximate surface area is 101 Å². The summed E-state index contributed by atoms with van der Waals surface area (Å²) in [6.45, 7) is 0. The molecule has 0 aliphatic heterocycles. The summed E-state index contributed by atoms with van der Waals surface area (Å²) >= 11 is 5.76. The Morgan fingerprint density at radius 2 is 2.00 bits per heavy atom. The van der Waals surface area contributed by atoms with Crippen LogP contribution in [0.3, 0.4) is 0 Å². The lowest BCUT2D eigenvalue weighted by molar-refractivity contribution is 0.0929. The van der Waals surface area contributed by atoms with Gasteiger partial charge in [0.25, 0.3) is 5.91 Å². The molecule has 0 radical (unpaired) electrons. The average molecular weight is 241 g/mol. The minimum absolute atomic E-state index is 0.0428. The Bertz CT molecular complexity index is 354. The van der Waals surface area contributed by atoms with Crippen LogP contribution in [0.2, 0.25) is 5.02 Å². The maximum Gasteiger partial charge on any atom is 0.267 e. The highest BCUT2D eigenvalue weighted by Gasteiger charge is 2.16. The fourth-order valence-electron chi connectivity index (χ4n) is 2.19. The van der Waals surface area contributed by atoms with E-state index >= 15 is 0 Å². The number of hydrogen-bond acceptors (Lipinski definition) is 1. The van der Waals surface area contributed by atoms with E-state index in [0.717, 1.165) is 12.8 Å². The molecule has 3 nitrogen and oxygen atoms in total. The van der Waals surface area contributed by atoms with Crippen molar-refractivity contribution < 1.29 is 4.79 Å². The lowest BCUT2D eigenvalue weighted by Gasteiger charge is -2.15. The summed E-state index contributed by atoms with van der Waals surface area (Å²) in [7, 11) is 0. The summed E-state index contributed by atoms with van der Waals surface area (Å²) in [6, 6.07) is 1.99. The summed E-state index contributed by atoms with van der Waals surface area (Å²) in [5, 5.41) is 3.63. The third-order valence-electron chi connectivity index (χ3n) is 3.08. The first-order valence-corrected chi connectivity index (χ1v) is 6.28. The van der Waals surface area contributed by atoms with E-state index in [9.17, 15) is 4.79 Å². The van der Waals surface area contributed by atoms with Crippen LogP contribution in [0.25, 0.3) is 0 Å². The van der Waals surface area contributed by atoms with Crippen molar-refractivity contribution in [2.24, 2.45) is 0 Å². The van der Waals surface area contributed by atoms with Gasteiger partial charge in [-0.15, -0.1) is 0 Å². The molecule has 0 unspecified atom stereocenters. The number of rotatable bonds is 2. The molecule has 1 fully saturated rings. The van der Waals surface area contributed by atoms with Crippen molar-refractivity contribution >= 4 is 17.5 Å². The highest BCUT2D eigenvalue weighted by molar-refractivity contribution is 6.30. The number of amides is 1. The van der Waals surface area contributed by atoms with E-state index in [1.54, 1.807) is 12.3 Å². The number of carbonyl (C=O) groups excluding carboxylic acids is 1. The number of H-pyrrole nitrogens is 1. The second-order valence-electron chi connectivity index (χ2n) is 4.39. The van der Waals surface area contributed by atoms with Crippen LogP contribution >= 0.6 is 11.6 Å². The summed E-state index contributed by atoms with van der Waals surface area (Å²) < 4.78 is 0. The molecule has 0 atom stereocenters.